The lowest BCUT2D eigenvalue weighted by atomic mass is 10.2. The topological polar surface area (TPSA) is 88.7 Å². The summed E-state index contributed by atoms with van der Waals surface area (Å²) in [4.78, 5) is 15.3. The summed E-state index contributed by atoms with van der Waals surface area (Å²) < 4.78 is 5.56. The number of hydrogen-bond acceptors (Lipinski definition) is 4. The number of hydrogen-bond donors (Lipinski definition) is 3. The molecule has 0 aliphatic rings. The molecule has 0 aliphatic heterocycles. The zero-order valence-corrected chi connectivity index (χ0v) is 12.6. The number of nitrogens with two attached hydrogens (primary N) is 1. The Kier molecular flexibility index (Phi) is 6.80. The maximum atomic E-state index is 11.2. The highest BCUT2D eigenvalue weighted by Crippen LogP contribution is 2.12. The van der Waals surface area contributed by atoms with E-state index in [1.807, 2.05) is 37.3 Å². The quantitative estimate of drug-likeness (QED) is 0.555. The van der Waals surface area contributed by atoms with Gasteiger partial charge < -0.3 is 15.8 Å². The molecule has 0 aromatic heterocycles. The number of rotatable bonds is 6. The molecular weight excluding hydrogens is 268 g/mol. The molecule has 4 N–H and O–H groups in total. The van der Waals surface area contributed by atoms with Crippen molar-refractivity contribution in [3.05, 3.63) is 41.7 Å². The van der Waals surface area contributed by atoms with E-state index in [2.05, 4.69) is 15.6 Å². The van der Waals surface area contributed by atoms with E-state index in [0.29, 0.717) is 23.9 Å². The van der Waals surface area contributed by atoms with Crippen LogP contribution in [0.1, 0.15) is 20.3 Å². The number of benzene rings is 1. The normalized spacial score (nSPS) is 12.4. The molecular formula is C15H22N4O2. The summed E-state index contributed by atoms with van der Waals surface area (Å²) in [5.41, 5.74) is 6.72. The number of nitrogens with one attached hydrogen (secondary N) is 2. The number of primary amides is 1. The molecule has 6 heteroatoms. The summed E-state index contributed by atoms with van der Waals surface area (Å²) in [5.74, 6) is 0.912. The SMILES string of the molecule is CCCOC(=NC)/C(C)=C(/NC(N)=O)Nc1ccccc1. The minimum atomic E-state index is -0.654. The van der Waals surface area contributed by atoms with Crippen molar-refractivity contribution in [3.8, 4) is 0 Å². The van der Waals surface area contributed by atoms with Gasteiger partial charge in [-0.15, -0.1) is 0 Å². The van der Waals surface area contributed by atoms with Gasteiger partial charge in [0, 0.05) is 12.7 Å². The summed E-state index contributed by atoms with van der Waals surface area (Å²) in [6, 6.07) is 8.80. The van der Waals surface area contributed by atoms with Gasteiger partial charge in [-0.05, 0) is 25.5 Å². The van der Waals surface area contributed by atoms with Crippen molar-refractivity contribution in [2.24, 2.45) is 10.7 Å². The van der Waals surface area contributed by atoms with Crippen LogP contribution in [0.5, 0.6) is 0 Å². The Morgan fingerprint density at radius 3 is 2.52 bits per heavy atom. The molecule has 21 heavy (non-hydrogen) atoms. The molecule has 0 saturated heterocycles. The minimum Gasteiger partial charge on any atom is -0.478 e. The van der Waals surface area contributed by atoms with Crippen LogP contribution in [-0.2, 0) is 4.74 Å². The zero-order chi connectivity index (χ0) is 15.7. The molecule has 0 spiro atoms. The van der Waals surface area contributed by atoms with Crippen molar-refractivity contribution in [1.29, 1.82) is 0 Å². The molecule has 0 bridgehead atoms. The summed E-state index contributed by atoms with van der Waals surface area (Å²) in [5, 5.41) is 5.67. The number of anilines is 1. The first-order valence-electron chi connectivity index (χ1n) is 6.77. The van der Waals surface area contributed by atoms with Crippen molar-refractivity contribution in [2.45, 2.75) is 20.3 Å². The maximum Gasteiger partial charge on any atom is 0.317 e. The third kappa shape index (κ3) is 5.56. The van der Waals surface area contributed by atoms with Crippen LogP contribution in [0.4, 0.5) is 10.5 Å². The average molecular weight is 290 g/mol. The van der Waals surface area contributed by atoms with Crippen molar-refractivity contribution >= 4 is 17.6 Å². The van der Waals surface area contributed by atoms with Gasteiger partial charge in [0.1, 0.15) is 5.82 Å². The number of nitrogens with zero attached hydrogens (tertiary/aromatic N) is 1. The summed E-state index contributed by atoms with van der Waals surface area (Å²) in [6.07, 6.45) is 0.872. The molecule has 0 atom stereocenters. The first kappa shape index (κ1) is 16.6. The first-order valence-corrected chi connectivity index (χ1v) is 6.77. The average Bonchev–Trinajstić information content (AvgIpc) is 2.47. The second-order valence-electron chi connectivity index (χ2n) is 4.36. The molecule has 0 heterocycles. The van der Waals surface area contributed by atoms with E-state index in [1.54, 1.807) is 14.0 Å². The van der Waals surface area contributed by atoms with Gasteiger partial charge in [0.15, 0.2) is 0 Å². The second-order valence-corrected chi connectivity index (χ2v) is 4.36. The van der Waals surface area contributed by atoms with E-state index in [-0.39, 0.29) is 0 Å². The van der Waals surface area contributed by atoms with E-state index in [4.69, 9.17) is 10.5 Å². The predicted molar refractivity (Wildman–Crippen MR) is 85.1 cm³/mol. The van der Waals surface area contributed by atoms with Gasteiger partial charge in [-0.2, -0.15) is 0 Å². The highest BCUT2D eigenvalue weighted by atomic mass is 16.5. The van der Waals surface area contributed by atoms with Gasteiger partial charge in [-0.25, -0.2) is 4.79 Å². The lowest BCUT2D eigenvalue weighted by molar-refractivity contribution is 0.251. The zero-order valence-electron chi connectivity index (χ0n) is 12.6. The molecule has 0 saturated carbocycles. The minimum absolute atomic E-state index is 0.449. The Morgan fingerprint density at radius 2 is 2.00 bits per heavy atom. The first-order chi connectivity index (χ1) is 10.1. The number of carbonyl (C=O) groups excluding carboxylic acids is 1. The molecule has 0 unspecified atom stereocenters. The number of carbonyl (C=O) groups is 1. The van der Waals surface area contributed by atoms with Crippen LogP contribution in [0.3, 0.4) is 0 Å². The lowest BCUT2D eigenvalue weighted by Crippen LogP contribution is -2.34. The highest BCUT2D eigenvalue weighted by Gasteiger charge is 2.12. The van der Waals surface area contributed by atoms with Crippen molar-refractivity contribution in [2.75, 3.05) is 19.0 Å². The van der Waals surface area contributed by atoms with E-state index in [9.17, 15) is 4.79 Å². The van der Waals surface area contributed by atoms with E-state index >= 15 is 0 Å². The molecule has 0 radical (unpaired) electrons. The number of aliphatic imine (C=N–C) groups is 1. The van der Waals surface area contributed by atoms with Gasteiger partial charge in [0.2, 0.25) is 5.90 Å². The predicted octanol–water partition coefficient (Wildman–Crippen LogP) is 2.45. The lowest BCUT2D eigenvalue weighted by Gasteiger charge is -2.16. The summed E-state index contributed by atoms with van der Waals surface area (Å²) in [6.45, 7) is 4.37. The molecule has 1 aromatic rings. The summed E-state index contributed by atoms with van der Waals surface area (Å²) in [7, 11) is 1.64. The van der Waals surface area contributed by atoms with Crippen LogP contribution >= 0.6 is 0 Å². The molecule has 1 aromatic carbocycles. The van der Waals surface area contributed by atoms with Crippen LogP contribution in [-0.4, -0.2) is 25.6 Å². The molecule has 0 fully saturated rings. The number of urea groups is 1. The fourth-order valence-electron chi connectivity index (χ4n) is 1.65. The van der Waals surface area contributed by atoms with Gasteiger partial charge in [-0.3, -0.25) is 10.3 Å². The number of para-hydroxylation sites is 1. The van der Waals surface area contributed by atoms with E-state index < -0.39 is 6.03 Å². The maximum absolute atomic E-state index is 11.2. The largest absolute Gasteiger partial charge is 0.478 e. The Balaban J connectivity index is 3.03. The second kappa shape index (κ2) is 8.63. The monoisotopic (exact) mass is 290 g/mol. The van der Waals surface area contributed by atoms with Crippen molar-refractivity contribution in [3.63, 3.8) is 0 Å². The Hall–Kier alpha value is -2.50. The van der Waals surface area contributed by atoms with E-state index in [1.165, 1.54) is 0 Å². The van der Waals surface area contributed by atoms with Gasteiger partial charge in [0.05, 0.1) is 12.2 Å². The smallest absolute Gasteiger partial charge is 0.317 e. The molecule has 1 rings (SSSR count). The van der Waals surface area contributed by atoms with Gasteiger partial charge in [0.25, 0.3) is 0 Å². The third-order valence-electron chi connectivity index (χ3n) is 2.63. The third-order valence-corrected chi connectivity index (χ3v) is 2.63. The fourth-order valence-corrected chi connectivity index (χ4v) is 1.65. The van der Waals surface area contributed by atoms with Gasteiger partial charge in [-0.1, -0.05) is 25.1 Å². The number of ether oxygens (including phenoxy) is 1. The fraction of sp³-hybridized carbons (Fsp3) is 0.333. The van der Waals surface area contributed by atoms with Crippen LogP contribution in [0.15, 0.2) is 46.7 Å². The van der Waals surface area contributed by atoms with Crippen LogP contribution in [0, 0.1) is 0 Å². The standard InChI is InChI=1S/C15H22N4O2/c1-4-10-21-14(17-3)11(2)13(19-15(16)20)18-12-8-6-5-7-9-12/h5-9,18H,4,10H2,1-3H3,(H3,16,19,20)/b13-11+,17-14?. The summed E-state index contributed by atoms with van der Waals surface area (Å²) >= 11 is 0. The van der Waals surface area contributed by atoms with Crippen LogP contribution < -0.4 is 16.4 Å². The molecule has 6 nitrogen and oxygen atoms in total. The van der Waals surface area contributed by atoms with Gasteiger partial charge >= 0.3 is 6.03 Å². The Morgan fingerprint density at radius 1 is 1.33 bits per heavy atom. The Bertz CT molecular complexity index is 524. The Labute approximate surface area is 125 Å². The molecule has 0 aliphatic carbocycles. The molecule has 2 amide bonds. The molecule has 114 valence electrons. The van der Waals surface area contributed by atoms with Crippen LogP contribution in [0.2, 0.25) is 0 Å². The highest BCUT2D eigenvalue weighted by molar-refractivity contribution is 5.95. The van der Waals surface area contributed by atoms with E-state index in [0.717, 1.165) is 12.1 Å². The number of amides is 2. The van der Waals surface area contributed by atoms with Crippen molar-refractivity contribution < 1.29 is 9.53 Å². The van der Waals surface area contributed by atoms with Crippen molar-refractivity contribution in [1.82, 2.24) is 5.32 Å². The van der Waals surface area contributed by atoms with Crippen LogP contribution in [0.25, 0.3) is 0 Å².